The van der Waals surface area contributed by atoms with Gasteiger partial charge in [-0.25, -0.2) is 0 Å². The Bertz CT molecular complexity index is 898. The highest BCUT2D eigenvalue weighted by molar-refractivity contribution is 8.15. The zero-order valence-electron chi connectivity index (χ0n) is 15.2. The average molecular weight is 436 g/mol. The highest BCUT2D eigenvalue weighted by Gasteiger charge is 2.31. The van der Waals surface area contributed by atoms with Gasteiger partial charge in [-0.05, 0) is 42.7 Å². The number of halogens is 2. The van der Waals surface area contributed by atoms with Gasteiger partial charge >= 0.3 is 0 Å². The average Bonchev–Trinajstić information content (AvgIpc) is 3.03. The van der Waals surface area contributed by atoms with Crippen LogP contribution in [0.1, 0.15) is 24.5 Å². The van der Waals surface area contributed by atoms with E-state index in [1.165, 1.54) is 11.8 Å². The number of para-hydroxylation sites is 1. The largest absolute Gasteiger partial charge is 0.493 e. The Hall–Kier alpha value is -2.02. The second-order valence-electron chi connectivity index (χ2n) is 6.04. The van der Waals surface area contributed by atoms with Crippen LogP contribution in [0.2, 0.25) is 10.0 Å². The van der Waals surface area contributed by atoms with Crippen molar-refractivity contribution < 1.29 is 9.53 Å². The Morgan fingerprint density at radius 2 is 1.93 bits per heavy atom. The van der Waals surface area contributed by atoms with Crippen molar-refractivity contribution in [2.75, 3.05) is 6.61 Å². The van der Waals surface area contributed by atoms with Crippen LogP contribution in [0.5, 0.6) is 5.75 Å². The zero-order valence-corrected chi connectivity index (χ0v) is 17.5. The van der Waals surface area contributed by atoms with Gasteiger partial charge in [-0.15, -0.1) is 5.10 Å². The lowest BCUT2D eigenvalue weighted by atomic mass is 10.1. The predicted octanol–water partition coefficient (Wildman–Crippen LogP) is 4.95. The smallest absolute Gasteiger partial charge is 0.239 e. The van der Waals surface area contributed by atoms with Gasteiger partial charge in [0.05, 0.1) is 18.1 Å². The van der Waals surface area contributed by atoms with Gasteiger partial charge in [0.15, 0.2) is 5.17 Å². The number of amides is 1. The number of rotatable bonds is 7. The molecule has 2 aromatic rings. The van der Waals surface area contributed by atoms with E-state index in [2.05, 4.69) is 22.4 Å². The number of carbonyl (C=O) groups is 1. The Balaban J connectivity index is 1.67. The first kappa shape index (κ1) is 20.7. The molecule has 0 aliphatic carbocycles. The number of hydrogen-bond donors (Lipinski definition) is 1. The van der Waals surface area contributed by atoms with E-state index >= 15 is 0 Å². The molecule has 0 saturated carbocycles. The van der Waals surface area contributed by atoms with Crippen molar-refractivity contribution >= 4 is 52.3 Å². The van der Waals surface area contributed by atoms with Gasteiger partial charge in [-0.1, -0.05) is 60.1 Å². The summed E-state index contributed by atoms with van der Waals surface area (Å²) in [5.41, 5.74) is 1.58. The molecule has 0 spiro atoms. The summed E-state index contributed by atoms with van der Waals surface area (Å²) in [5, 5.41) is 12.2. The molecule has 1 aliphatic rings. The molecule has 1 fully saturated rings. The molecule has 0 bridgehead atoms. The minimum absolute atomic E-state index is 0.137. The van der Waals surface area contributed by atoms with Crippen LogP contribution in [0.3, 0.4) is 0 Å². The number of nitrogens with one attached hydrogen (secondary N) is 1. The summed E-state index contributed by atoms with van der Waals surface area (Å²) in [5.74, 6) is 0.615. The van der Waals surface area contributed by atoms with Crippen molar-refractivity contribution in [2.24, 2.45) is 10.2 Å². The molecule has 5 nitrogen and oxygen atoms in total. The third-order valence-corrected chi connectivity index (χ3v) is 5.73. The number of ether oxygens (including phenoxy) is 1. The Morgan fingerprint density at radius 3 is 2.68 bits per heavy atom. The topological polar surface area (TPSA) is 63.1 Å². The summed E-state index contributed by atoms with van der Waals surface area (Å²) < 4.78 is 5.69. The van der Waals surface area contributed by atoms with E-state index in [4.69, 9.17) is 27.9 Å². The van der Waals surface area contributed by atoms with E-state index in [-0.39, 0.29) is 11.2 Å². The zero-order chi connectivity index (χ0) is 19.9. The fourth-order valence-corrected chi connectivity index (χ4v) is 4.06. The Morgan fingerprint density at radius 1 is 1.18 bits per heavy atom. The minimum atomic E-state index is -0.355. The maximum Gasteiger partial charge on any atom is 0.239 e. The second-order valence-corrected chi connectivity index (χ2v) is 8.04. The molecular weight excluding hydrogens is 417 g/mol. The monoisotopic (exact) mass is 435 g/mol. The number of thioether (sulfide) groups is 1. The Labute approximate surface area is 178 Å². The maximum atomic E-state index is 12.2. The van der Waals surface area contributed by atoms with Crippen LogP contribution >= 0.6 is 35.0 Å². The highest BCUT2D eigenvalue weighted by Crippen LogP contribution is 2.30. The molecule has 1 N–H and O–H groups in total. The van der Waals surface area contributed by atoms with Crippen molar-refractivity contribution in [2.45, 2.75) is 25.0 Å². The fourth-order valence-electron chi connectivity index (χ4n) is 2.57. The van der Waals surface area contributed by atoms with Crippen LogP contribution in [0, 0.1) is 0 Å². The minimum Gasteiger partial charge on any atom is -0.493 e. The van der Waals surface area contributed by atoms with Crippen molar-refractivity contribution in [1.82, 2.24) is 5.32 Å². The number of nitrogens with zero attached hydrogens (tertiary/aromatic N) is 2. The molecule has 1 heterocycles. The lowest BCUT2D eigenvalue weighted by Crippen LogP contribution is -2.26. The molecule has 1 saturated heterocycles. The highest BCUT2D eigenvalue weighted by atomic mass is 35.5. The van der Waals surface area contributed by atoms with E-state index in [0.29, 0.717) is 28.2 Å². The molecule has 2 aromatic carbocycles. The molecule has 1 atom stereocenters. The summed E-state index contributed by atoms with van der Waals surface area (Å²) in [4.78, 5) is 12.2. The molecule has 0 aromatic heterocycles. The lowest BCUT2D eigenvalue weighted by Gasteiger charge is -2.09. The standard InChI is InChI=1S/C20H19Cl2N3O2S/c1-2-10-27-17-9-4-3-6-13(17)12-23-25-20-24-19(26)18(28-20)11-14-15(21)7-5-8-16(14)22/h3-9,12,18H,2,10-11H2,1H3,(H,24,25,26)/b23-12-/t18-/m0/s1. The van der Waals surface area contributed by atoms with Crippen molar-refractivity contribution in [3.05, 3.63) is 63.6 Å². The molecule has 8 heteroatoms. The van der Waals surface area contributed by atoms with E-state index in [0.717, 1.165) is 23.3 Å². The SMILES string of the molecule is CCCOc1ccccc1/C=N\N=C1/NC(=O)[C@H](Cc2c(Cl)cccc2Cl)S1. The van der Waals surface area contributed by atoms with Gasteiger partial charge in [0.2, 0.25) is 5.91 Å². The first-order valence-electron chi connectivity index (χ1n) is 8.81. The van der Waals surface area contributed by atoms with Crippen molar-refractivity contribution in [3.63, 3.8) is 0 Å². The van der Waals surface area contributed by atoms with E-state index in [1.54, 1.807) is 24.4 Å². The van der Waals surface area contributed by atoms with Crippen LogP contribution in [0.15, 0.2) is 52.7 Å². The molecular formula is C20H19Cl2N3O2S. The quantitative estimate of drug-likeness (QED) is 0.494. The molecule has 1 amide bonds. The van der Waals surface area contributed by atoms with Crippen LogP contribution in [-0.4, -0.2) is 29.1 Å². The van der Waals surface area contributed by atoms with Gasteiger partial charge in [-0.2, -0.15) is 5.10 Å². The molecule has 146 valence electrons. The third-order valence-electron chi connectivity index (χ3n) is 3.95. The normalized spacial score (nSPS) is 18.0. The summed E-state index contributed by atoms with van der Waals surface area (Å²) >= 11 is 13.7. The summed E-state index contributed by atoms with van der Waals surface area (Å²) in [6.45, 7) is 2.69. The van der Waals surface area contributed by atoms with Crippen molar-refractivity contribution in [3.8, 4) is 5.75 Å². The Kier molecular flexibility index (Phi) is 7.36. The number of benzene rings is 2. The van der Waals surface area contributed by atoms with Gasteiger partial charge in [0.1, 0.15) is 5.75 Å². The number of carbonyl (C=O) groups excluding carboxylic acids is 1. The van der Waals surface area contributed by atoms with Gasteiger partial charge in [0.25, 0.3) is 0 Å². The lowest BCUT2D eigenvalue weighted by molar-refractivity contribution is -0.118. The van der Waals surface area contributed by atoms with E-state index in [1.807, 2.05) is 24.3 Å². The van der Waals surface area contributed by atoms with Crippen molar-refractivity contribution in [1.29, 1.82) is 0 Å². The van der Waals surface area contributed by atoms with Gasteiger partial charge in [0, 0.05) is 15.6 Å². The van der Waals surface area contributed by atoms with Gasteiger partial charge < -0.3 is 10.1 Å². The van der Waals surface area contributed by atoms with Crippen LogP contribution in [0.4, 0.5) is 0 Å². The number of hydrogen-bond acceptors (Lipinski definition) is 5. The molecule has 28 heavy (non-hydrogen) atoms. The number of amidine groups is 1. The third kappa shape index (κ3) is 5.28. The molecule has 0 radical (unpaired) electrons. The van der Waals surface area contributed by atoms with Crippen LogP contribution in [-0.2, 0) is 11.2 Å². The van der Waals surface area contributed by atoms with E-state index < -0.39 is 0 Å². The van der Waals surface area contributed by atoms with Gasteiger partial charge in [-0.3, -0.25) is 4.79 Å². The maximum absolute atomic E-state index is 12.2. The first-order chi connectivity index (χ1) is 13.6. The van der Waals surface area contributed by atoms with Crippen LogP contribution < -0.4 is 10.1 Å². The summed E-state index contributed by atoms with van der Waals surface area (Å²) in [6.07, 6.45) is 2.96. The molecule has 1 aliphatic heterocycles. The fraction of sp³-hybridized carbons (Fsp3) is 0.250. The first-order valence-corrected chi connectivity index (χ1v) is 10.4. The van der Waals surface area contributed by atoms with E-state index in [9.17, 15) is 4.79 Å². The summed E-state index contributed by atoms with van der Waals surface area (Å²) in [6, 6.07) is 12.9. The second kappa shape index (κ2) is 9.96. The predicted molar refractivity (Wildman–Crippen MR) is 117 cm³/mol. The molecule has 3 rings (SSSR count). The van der Waals surface area contributed by atoms with Crippen LogP contribution in [0.25, 0.3) is 0 Å². The molecule has 0 unspecified atom stereocenters. The summed E-state index contributed by atoms with van der Waals surface area (Å²) in [7, 11) is 0.